The second-order valence-corrected chi connectivity index (χ2v) is 6.52. The van der Waals surface area contributed by atoms with Crippen molar-refractivity contribution in [2.24, 2.45) is 5.92 Å². The van der Waals surface area contributed by atoms with Gasteiger partial charge in [-0.25, -0.2) is 4.79 Å². The Balaban J connectivity index is 1.75. The van der Waals surface area contributed by atoms with E-state index in [0.717, 1.165) is 32.4 Å². The topological polar surface area (TPSA) is 72.9 Å². The van der Waals surface area contributed by atoms with Crippen LogP contribution in [0.25, 0.3) is 0 Å². The van der Waals surface area contributed by atoms with Gasteiger partial charge in [-0.2, -0.15) is 0 Å². The summed E-state index contributed by atoms with van der Waals surface area (Å²) in [5.74, 6) is -0.319. The van der Waals surface area contributed by atoms with E-state index in [-0.39, 0.29) is 18.5 Å². The molecule has 0 aromatic carbocycles. The Morgan fingerprint density at radius 3 is 2.67 bits per heavy atom. The van der Waals surface area contributed by atoms with Gasteiger partial charge in [-0.3, -0.25) is 4.79 Å². The summed E-state index contributed by atoms with van der Waals surface area (Å²) in [6.45, 7) is 7.90. The Kier molecular flexibility index (Phi) is 5.45. The molecule has 2 rings (SSSR count). The van der Waals surface area contributed by atoms with Crippen LogP contribution < -0.4 is 5.32 Å². The fraction of sp³-hybridized carbons (Fsp3) is 0.867. The number of nitrogens with one attached hydrogen (secondary N) is 1. The molecular formula is C15H27N3O3. The minimum absolute atomic E-state index is 0.0535. The lowest BCUT2D eigenvalue weighted by Gasteiger charge is -2.25. The summed E-state index contributed by atoms with van der Waals surface area (Å²) in [6.07, 6.45) is 2.87. The zero-order chi connectivity index (χ0) is 15.4. The number of carbonyl (C=O) groups excluding carboxylic acids is 1. The Hall–Kier alpha value is -1.30. The van der Waals surface area contributed by atoms with Gasteiger partial charge in [-0.15, -0.1) is 0 Å². The van der Waals surface area contributed by atoms with Crippen molar-refractivity contribution >= 4 is 12.0 Å². The number of likely N-dealkylation sites (tertiary alicyclic amines) is 2. The van der Waals surface area contributed by atoms with Gasteiger partial charge in [0.2, 0.25) is 0 Å². The number of amides is 2. The molecule has 2 aliphatic heterocycles. The molecule has 2 heterocycles. The molecule has 0 saturated carbocycles. The van der Waals surface area contributed by atoms with Crippen molar-refractivity contribution in [1.82, 2.24) is 15.1 Å². The number of nitrogens with zero attached hydrogens (tertiary/aromatic N) is 2. The standard InChI is InChI=1S/C15H27N3O3/c1-11(2)17-7-5-12(10-17)9-16-15(21)18-6-3-4-13(18)8-14(19)20/h11-13H,3-10H2,1-2H3,(H,16,21)(H,19,20). The van der Waals surface area contributed by atoms with Crippen molar-refractivity contribution in [2.45, 2.75) is 51.6 Å². The lowest BCUT2D eigenvalue weighted by atomic mass is 10.1. The highest BCUT2D eigenvalue weighted by molar-refractivity contribution is 5.76. The van der Waals surface area contributed by atoms with Gasteiger partial charge in [-0.05, 0) is 45.6 Å². The molecule has 2 aliphatic rings. The largest absolute Gasteiger partial charge is 0.481 e. The van der Waals surface area contributed by atoms with E-state index in [1.54, 1.807) is 4.90 Å². The summed E-state index contributed by atoms with van der Waals surface area (Å²) >= 11 is 0. The monoisotopic (exact) mass is 297 g/mol. The van der Waals surface area contributed by atoms with Gasteiger partial charge >= 0.3 is 12.0 Å². The van der Waals surface area contributed by atoms with E-state index in [1.165, 1.54) is 0 Å². The number of hydrogen-bond acceptors (Lipinski definition) is 3. The Bertz CT molecular complexity index is 386. The van der Waals surface area contributed by atoms with Crippen molar-refractivity contribution in [1.29, 1.82) is 0 Å². The van der Waals surface area contributed by atoms with Crippen molar-refractivity contribution in [3.05, 3.63) is 0 Å². The van der Waals surface area contributed by atoms with Gasteiger partial charge in [0.1, 0.15) is 0 Å². The Morgan fingerprint density at radius 2 is 2.05 bits per heavy atom. The van der Waals surface area contributed by atoms with Crippen LogP contribution >= 0.6 is 0 Å². The molecule has 2 fully saturated rings. The van der Waals surface area contributed by atoms with Gasteiger partial charge in [0.25, 0.3) is 0 Å². The Labute approximate surface area is 126 Å². The first kappa shape index (κ1) is 16.1. The molecule has 2 unspecified atom stereocenters. The first-order chi connectivity index (χ1) is 9.97. The maximum atomic E-state index is 12.2. The maximum Gasteiger partial charge on any atom is 0.317 e. The molecule has 6 nitrogen and oxygen atoms in total. The third-order valence-corrected chi connectivity index (χ3v) is 4.64. The molecule has 6 heteroatoms. The smallest absolute Gasteiger partial charge is 0.317 e. The van der Waals surface area contributed by atoms with E-state index in [4.69, 9.17) is 5.11 Å². The lowest BCUT2D eigenvalue weighted by molar-refractivity contribution is -0.137. The van der Waals surface area contributed by atoms with E-state index < -0.39 is 5.97 Å². The molecule has 0 radical (unpaired) electrons. The molecule has 2 N–H and O–H groups in total. The van der Waals surface area contributed by atoms with E-state index in [0.29, 0.717) is 25.0 Å². The van der Waals surface area contributed by atoms with Crippen LogP contribution in [0.1, 0.15) is 39.5 Å². The zero-order valence-corrected chi connectivity index (χ0v) is 13.0. The quantitative estimate of drug-likeness (QED) is 0.804. The predicted octanol–water partition coefficient (Wildman–Crippen LogP) is 1.37. The van der Waals surface area contributed by atoms with Crippen LogP contribution in [-0.4, -0.2) is 65.2 Å². The van der Waals surface area contributed by atoms with Crippen LogP contribution in [0.2, 0.25) is 0 Å². The van der Waals surface area contributed by atoms with Crippen molar-refractivity contribution in [3.8, 4) is 0 Å². The van der Waals surface area contributed by atoms with E-state index in [2.05, 4.69) is 24.1 Å². The van der Waals surface area contributed by atoms with Crippen LogP contribution in [0.3, 0.4) is 0 Å². The summed E-state index contributed by atoms with van der Waals surface area (Å²) in [5, 5.41) is 11.9. The first-order valence-corrected chi connectivity index (χ1v) is 7.97. The molecule has 21 heavy (non-hydrogen) atoms. The number of hydrogen-bond donors (Lipinski definition) is 2. The van der Waals surface area contributed by atoms with E-state index >= 15 is 0 Å². The van der Waals surface area contributed by atoms with Crippen LogP contribution in [0, 0.1) is 5.92 Å². The summed E-state index contributed by atoms with van der Waals surface area (Å²) in [5.41, 5.74) is 0. The number of carboxylic acid groups (broad SMARTS) is 1. The zero-order valence-electron chi connectivity index (χ0n) is 13.0. The minimum Gasteiger partial charge on any atom is -0.481 e. The molecular weight excluding hydrogens is 270 g/mol. The molecule has 0 aromatic rings. The second kappa shape index (κ2) is 7.11. The van der Waals surface area contributed by atoms with Gasteiger partial charge in [-0.1, -0.05) is 0 Å². The fourth-order valence-corrected chi connectivity index (χ4v) is 3.35. The lowest BCUT2D eigenvalue weighted by Crippen LogP contribution is -2.45. The van der Waals surface area contributed by atoms with Crippen LogP contribution in [-0.2, 0) is 4.79 Å². The maximum absolute atomic E-state index is 12.2. The van der Waals surface area contributed by atoms with E-state index in [1.807, 2.05) is 0 Å². The highest BCUT2D eigenvalue weighted by atomic mass is 16.4. The minimum atomic E-state index is -0.830. The molecule has 2 amide bonds. The van der Waals surface area contributed by atoms with Crippen molar-refractivity contribution < 1.29 is 14.7 Å². The van der Waals surface area contributed by atoms with E-state index in [9.17, 15) is 9.59 Å². The Morgan fingerprint density at radius 1 is 1.29 bits per heavy atom. The van der Waals surface area contributed by atoms with Gasteiger partial charge in [0.05, 0.1) is 6.42 Å². The molecule has 2 atom stereocenters. The molecule has 2 saturated heterocycles. The molecule has 120 valence electrons. The second-order valence-electron chi connectivity index (χ2n) is 6.52. The van der Waals surface area contributed by atoms with Gasteiger partial charge < -0.3 is 20.2 Å². The SMILES string of the molecule is CC(C)N1CCC(CNC(=O)N2CCCC2CC(=O)O)C1. The number of rotatable bonds is 5. The number of carboxylic acids is 1. The highest BCUT2D eigenvalue weighted by Crippen LogP contribution is 2.21. The number of aliphatic carboxylic acids is 1. The average Bonchev–Trinajstić information content (AvgIpc) is 3.04. The number of carbonyl (C=O) groups is 2. The van der Waals surface area contributed by atoms with Crippen LogP contribution in [0.4, 0.5) is 4.79 Å². The highest BCUT2D eigenvalue weighted by Gasteiger charge is 2.31. The van der Waals surface area contributed by atoms with Crippen molar-refractivity contribution in [2.75, 3.05) is 26.2 Å². The van der Waals surface area contributed by atoms with Crippen LogP contribution in [0.5, 0.6) is 0 Å². The van der Waals surface area contributed by atoms with Crippen LogP contribution in [0.15, 0.2) is 0 Å². The summed E-state index contributed by atoms with van der Waals surface area (Å²) in [4.78, 5) is 27.2. The predicted molar refractivity (Wildman–Crippen MR) is 80.2 cm³/mol. The molecule has 0 bridgehead atoms. The summed E-state index contributed by atoms with van der Waals surface area (Å²) in [6, 6.07) is 0.323. The fourth-order valence-electron chi connectivity index (χ4n) is 3.35. The first-order valence-electron chi connectivity index (χ1n) is 7.97. The molecule has 0 spiro atoms. The molecule has 0 aliphatic carbocycles. The summed E-state index contributed by atoms with van der Waals surface area (Å²) < 4.78 is 0. The third-order valence-electron chi connectivity index (χ3n) is 4.64. The normalized spacial score (nSPS) is 26.5. The average molecular weight is 297 g/mol. The van der Waals surface area contributed by atoms with Crippen molar-refractivity contribution in [3.63, 3.8) is 0 Å². The summed E-state index contributed by atoms with van der Waals surface area (Å²) in [7, 11) is 0. The molecule has 0 aromatic heterocycles. The number of urea groups is 1. The third kappa shape index (κ3) is 4.33. The van der Waals surface area contributed by atoms with Gasteiger partial charge in [0, 0.05) is 31.7 Å². The van der Waals surface area contributed by atoms with Gasteiger partial charge in [0.15, 0.2) is 0 Å².